The number of hydrogen-bond donors (Lipinski definition) is 0. The fourth-order valence-electron chi connectivity index (χ4n) is 2.85. The Hall–Kier alpha value is -1.38. The molecule has 1 unspecified atom stereocenters. The van der Waals surface area contributed by atoms with Crippen molar-refractivity contribution in [2.24, 2.45) is 0 Å². The number of aryl methyl sites for hydroxylation is 2. The van der Waals surface area contributed by atoms with Gasteiger partial charge in [0.05, 0.1) is 11.8 Å². The molecule has 0 saturated heterocycles. The summed E-state index contributed by atoms with van der Waals surface area (Å²) in [5.74, 6) is 0. The van der Waals surface area contributed by atoms with Crippen LogP contribution in [0.3, 0.4) is 0 Å². The Balaban J connectivity index is 2.47. The zero-order chi connectivity index (χ0) is 14.9. The lowest BCUT2D eigenvalue weighted by Crippen LogP contribution is -2.47. The first kappa shape index (κ1) is 15.0. The Bertz CT molecular complexity index is 645. The van der Waals surface area contributed by atoms with Gasteiger partial charge in [0.2, 0.25) is 0 Å². The summed E-state index contributed by atoms with van der Waals surface area (Å²) < 4.78 is 2.19. The molecule has 0 saturated carbocycles. The normalized spacial score (nSPS) is 14.7. The van der Waals surface area contributed by atoms with Crippen molar-refractivity contribution in [2.45, 2.75) is 46.6 Å². The summed E-state index contributed by atoms with van der Waals surface area (Å²) in [6.45, 7) is 12.1. The van der Waals surface area contributed by atoms with E-state index in [1.165, 1.54) is 5.69 Å². The molecule has 4 nitrogen and oxygen atoms in total. The van der Waals surface area contributed by atoms with Crippen molar-refractivity contribution in [1.82, 2.24) is 14.3 Å². The number of imidazole rings is 1. The molecule has 1 atom stereocenters. The summed E-state index contributed by atoms with van der Waals surface area (Å²) in [5, 5.41) is 11.8. The number of aromatic nitrogens is 2. The molecule has 2 aromatic rings. The van der Waals surface area contributed by atoms with Gasteiger partial charge in [-0.25, -0.2) is 4.98 Å². The molecule has 2 rings (SSSR count). The van der Waals surface area contributed by atoms with E-state index >= 15 is 0 Å². The molecule has 0 spiro atoms. The van der Waals surface area contributed by atoms with Crippen LogP contribution in [-0.2, 0) is 6.42 Å². The van der Waals surface area contributed by atoms with Gasteiger partial charge in [0.15, 0.2) is 4.96 Å². The highest BCUT2D eigenvalue weighted by molar-refractivity contribution is 7.15. The average Bonchev–Trinajstić information content (AvgIpc) is 2.92. The van der Waals surface area contributed by atoms with Crippen molar-refractivity contribution >= 4 is 16.3 Å². The zero-order valence-corrected chi connectivity index (χ0v) is 13.7. The number of nitrogens with zero attached hydrogens (tertiary/aromatic N) is 4. The van der Waals surface area contributed by atoms with E-state index in [-0.39, 0.29) is 0 Å². The molecule has 2 heterocycles. The predicted molar refractivity (Wildman–Crippen MR) is 83.2 cm³/mol. The Kier molecular flexibility index (Phi) is 4.17. The van der Waals surface area contributed by atoms with Crippen LogP contribution >= 0.6 is 11.3 Å². The van der Waals surface area contributed by atoms with Crippen LogP contribution in [0.25, 0.3) is 4.96 Å². The van der Waals surface area contributed by atoms with Gasteiger partial charge in [0.1, 0.15) is 5.54 Å². The van der Waals surface area contributed by atoms with Gasteiger partial charge in [-0.1, -0.05) is 13.8 Å². The van der Waals surface area contributed by atoms with Crippen molar-refractivity contribution in [3.63, 3.8) is 0 Å². The average molecular weight is 290 g/mol. The molecule has 0 N–H and O–H groups in total. The molecule has 0 bridgehead atoms. The predicted octanol–water partition coefficient (Wildman–Crippen LogP) is 3.18. The second-order valence-electron chi connectivity index (χ2n) is 5.37. The largest absolute Gasteiger partial charge is 0.292 e. The standard InChI is InChI=1S/C15H22N4S/c1-6-18(7-2)15(5,10-16)8-13-12(4)17-14-19(13)11(3)9-20-14/h9H,6-8H2,1-5H3. The van der Waals surface area contributed by atoms with Crippen LogP contribution in [0.2, 0.25) is 0 Å². The Morgan fingerprint density at radius 2 is 2.05 bits per heavy atom. The van der Waals surface area contributed by atoms with Crippen LogP contribution < -0.4 is 0 Å². The smallest absolute Gasteiger partial charge is 0.194 e. The van der Waals surface area contributed by atoms with Gasteiger partial charge in [-0.15, -0.1) is 11.3 Å². The molecule has 20 heavy (non-hydrogen) atoms. The summed E-state index contributed by atoms with van der Waals surface area (Å²) in [6, 6.07) is 2.51. The molecule has 0 fully saturated rings. The second-order valence-corrected chi connectivity index (χ2v) is 6.21. The highest BCUT2D eigenvalue weighted by atomic mass is 32.1. The molecule has 0 aliphatic carbocycles. The van der Waals surface area contributed by atoms with Crippen molar-refractivity contribution in [1.29, 1.82) is 5.26 Å². The molecular weight excluding hydrogens is 268 g/mol. The van der Waals surface area contributed by atoms with E-state index in [2.05, 4.69) is 46.5 Å². The van der Waals surface area contributed by atoms with E-state index in [1.807, 2.05) is 13.8 Å². The number of rotatable bonds is 5. The molecule has 0 amide bonds. The third-order valence-electron chi connectivity index (χ3n) is 4.04. The number of hydrogen-bond acceptors (Lipinski definition) is 4. The Morgan fingerprint density at radius 1 is 1.40 bits per heavy atom. The highest BCUT2D eigenvalue weighted by Crippen LogP contribution is 2.26. The van der Waals surface area contributed by atoms with E-state index in [0.717, 1.165) is 29.4 Å². The van der Waals surface area contributed by atoms with Crippen molar-refractivity contribution in [2.75, 3.05) is 13.1 Å². The van der Waals surface area contributed by atoms with Gasteiger partial charge in [-0.3, -0.25) is 9.30 Å². The fraction of sp³-hybridized carbons (Fsp3) is 0.600. The van der Waals surface area contributed by atoms with E-state index in [0.29, 0.717) is 6.42 Å². The maximum Gasteiger partial charge on any atom is 0.194 e. The molecule has 0 aliphatic rings. The van der Waals surface area contributed by atoms with Crippen LogP contribution in [-0.4, -0.2) is 32.9 Å². The molecule has 0 aliphatic heterocycles. The van der Waals surface area contributed by atoms with E-state index < -0.39 is 5.54 Å². The summed E-state index contributed by atoms with van der Waals surface area (Å²) in [6.07, 6.45) is 0.704. The fourth-order valence-corrected chi connectivity index (χ4v) is 3.78. The van der Waals surface area contributed by atoms with E-state index in [4.69, 9.17) is 0 Å². The Morgan fingerprint density at radius 3 is 2.60 bits per heavy atom. The Labute approximate surface area is 124 Å². The van der Waals surface area contributed by atoms with Crippen molar-refractivity contribution < 1.29 is 0 Å². The van der Waals surface area contributed by atoms with Gasteiger partial charge >= 0.3 is 0 Å². The number of likely N-dealkylation sites (N-methyl/N-ethyl adjacent to an activating group) is 1. The van der Waals surface area contributed by atoms with Gasteiger partial charge in [0.25, 0.3) is 0 Å². The summed E-state index contributed by atoms with van der Waals surface area (Å²) in [4.78, 5) is 7.86. The quantitative estimate of drug-likeness (QED) is 0.849. The van der Waals surface area contributed by atoms with Gasteiger partial charge in [-0.2, -0.15) is 5.26 Å². The SMILES string of the molecule is CCN(CC)C(C)(C#N)Cc1c(C)nc2scc(C)n12. The van der Waals surface area contributed by atoms with E-state index in [1.54, 1.807) is 11.3 Å². The summed E-state index contributed by atoms with van der Waals surface area (Å²) in [5.41, 5.74) is 2.90. The van der Waals surface area contributed by atoms with Crippen LogP contribution in [0.15, 0.2) is 5.38 Å². The number of fused-ring (bicyclic) bond motifs is 1. The van der Waals surface area contributed by atoms with Gasteiger partial charge in [-0.05, 0) is 33.9 Å². The van der Waals surface area contributed by atoms with Crippen molar-refractivity contribution in [3.05, 3.63) is 22.5 Å². The molecule has 5 heteroatoms. The highest BCUT2D eigenvalue weighted by Gasteiger charge is 2.32. The topological polar surface area (TPSA) is 44.3 Å². The molecule has 108 valence electrons. The lowest BCUT2D eigenvalue weighted by atomic mass is 9.94. The van der Waals surface area contributed by atoms with Gasteiger partial charge < -0.3 is 0 Å². The van der Waals surface area contributed by atoms with Crippen LogP contribution in [0.5, 0.6) is 0 Å². The maximum atomic E-state index is 9.68. The minimum absolute atomic E-state index is 0.488. The van der Waals surface area contributed by atoms with Crippen LogP contribution in [0.4, 0.5) is 0 Å². The third-order valence-corrected chi connectivity index (χ3v) is 4.99. The minimum Gasteiger partial charge on any atom is -0.292 e. The lowest BCUT2D eigenvalue weighted by Gasteiger charge is -2.34. The summed E-state index contributed by atoms with van der Waals surface area (Å²) in [7, 11) is 0. The monoisotopic (exact) mass is 290 g/mol. The molecule has 2 aromatic heterocycles. The third kappa shape index (κ3) is 2.34. The molecule has 0 aromatic carbocycles. The van der Waals surface area contributed by atoms with Crippen LogP contribution in [0, 0.1) is 25.2 Å². The molecular formula is C15H22N4S. The first-order chi connectivity index (χ1) is 9.46. The first-order valence-corrected chi connectivity index (χ1v) is 7.93. The van der Waals surface area contributed by atoms with E-state index in [9.17, 15) is 5.26 Å². The lowest BCUT2D eigenvalue weighted by molar-refractivity contribution is 0.167. The van der Waals surface area contributed by atoms with Crippen LogP contribution in [0.1, 0.15) is 37.9 Å². The second kappa shape index (κ2) is 5.55. The number of nitriles is 1. The maximum absolute atomic E-state index is 9.68. The molecule has 0 radical (unpaired) electrons. The zero-order valence-electron chi connectivity index (χ0n) is 12.9. The van der Waals surface area contributed by atoms with Gasteiger partial charge in [0, 0.05) is 23.2 Å². The van der Waals surface area contributed by atoms with Crippen molar-refractivity contribution in [3.8, 4) is 6.07 Å². The summed E-state index contributed by atoms with van der Waals surface area (Å²) >= 11 is 1.66. The first-order valence-electron chi connectivity index (χ1n) is 7.05. The number of thiazole rings is 1. The minimum atomic E-state index is -0.488.